The largest absolute Gasteiger partial charge is 0.465 e. The summed E-state index contributed by atoms with van der Waals surface area (Å²) >= 11 is 0. The molecule has 1 aliphatic carbocycles. The number of hydrogen-bond donors (Lipinski definition) is 0. The predicted octanol–water partition coefficient (Wildman–Crippen LogP) is 6.27. The van der Waals surface area contributed by atoms with Crippen LogP contribution in [-0.4, -0.2) is 5.90 Å². The third kappa shape index (κ3) is 4.49. The van der Waals surface area contributed by atoms with Crippen molar-refractivity contribution < 1.29 is 9.47 Å². The van der Waals surface area contributed by atoms with Gasteiger partial charge in [0, 0.05) is 5.57 Å². The molecule has 0 spiro atoms. The topological polar surface area (TPSA) is 30.8 Å². The van der Waals surface area contributed by atoms with E-state index in [1.165, 1.54) is 17.5 Å². The van der Waals surface area contributed by atoms with Crippen LogP contribution in [0.4, 0.5) is 5.69 Å². The van der Waals surface area contributed by atoms with E-state index in [0.29, 0.717) is 5.90 Å². The van der Waals surface area contributed by atoms with Crippen LogP contribution in [0.1, 0.15) is 24.5 Å². The van der Waals surface area contributed by atoms with E-state index in [9.17, 15) is 0 Å². The molecule has 3 nitrogen and oxygen atoms in total. The number of para-hydroxylation sites is 2. The van der Waals surface area contributed by atoms with Gasteiger partial charge in [-0.2, -0.15) is 0 Å². The van der Waals surface area contributed by atoms with Crippen molar-refractivity contribution in [2.24, 2.45) is 4.99 Å². The van der Waals surface area contributed by atoms with Crippen LogP contribution in [0, 0.1) is 0 Å². The summed E-state index contributed by atoms with van der Waals surface area (Å²) in [7, 11) is 0. The number of ether oxygens (including phenoxy) is 2. The van der Waals surface area contributed by atoms with Crippen LogP contribution in [0.25, 0.3) is 0 Å². The van der Waals surface area contributed by atoms with Gasteiger partial charge in [-0.1, -0.05) is 42.5 Å². The molecule has 140 valence electrons. The number of fused-ring (bicyclic) bond motifs is 1. The van der Waals surface area contributed by atoms with Crippen LogP contribution >= 0.6 is 0 Å². The molecule has 0 aromatic heterocycles. The number of aryl methyl sites for hydroxylation is 2. The maximum atomic E-state index is 6.09. The Balaban J connectivity index is 1.63. The molecule has 0 aliphatic heterocycles. The minimum atomic E-state index is 0.528. The van der Waals surface area contributed by atoms with E-state index in [1.54, 1.807) is 6.26 Å². The molecule has 0 saturated heterocycles. The first-order valence-electron chi connectivity index (χ1n) is 9.60. The van der Waals surface area contributed by atoms with E-state index < -0.39 is 0 Å². The fourth-order valence-corrected chi connectivity index (χ4v) is 3.24. The second-order valence-electron chi connectivity index (χ2n) is 6.87. The van der Waals surface area contributed by atoms with Crippen molar-refractivity contribution >= 4 is 11.6 Å². The molecule has 0 radical (unpaired) electrons. The van der Waals surface area contributed by atoms with Gasteiger partial charge in [0.2, 0.25) is 5.90 Å². The number of aliphatic imine (C=N–C) groups is 1. The van der Waals surface area contributed by atoms with Crippen molar-refractivity contribution in [3.63, 3.8) is 0 Å². The van der Waals surface area contributed by atoms with Crippen LogP contribution in [0.2, 0.25) is 0 Å². The molecule has 0 heterocycles. The van der Waals surface area contributed by atoms with Gasteiger partial charge in [0.05, 0.1) is 11.9 Å². The van der Waals surface area contributed by atoms with Gasteiger partial charge in [0.1, 0.15) is 11.5 Å². The molecular weight excluding hydrogens is 346 g/mol. The third-order valence-corrected chi connectivity index (χ3v) is 4.72. The zero-order valence-electron chi connectivity index (χ0n) is 16.0. The molecule has 0 atom stereocenters. The first-order valence-corrected chi connectivity index (χ1v) is 9.60. The van der Waals surface area contributed by atoms with Gasteiger partial charge in [-0.25, -0.2) is 4.99 Å². The lowest BCUT2D eigenvalue weighted by Gasteiger charge is -2.11. The van der Waals surface area contributed by atoms with Gasteiger partial charge in [0.25, 0.3) is 0 Å². The Morgan fingerprint density at radius 2 is 1.50 bits per heavy atom. The van der Waals surface area contributed by atoms with Crippen LogP contribution in [0.5, 0.6) is 11.5 Å². The monoisotopic (exact) mass is 369 g/mol. The summed E-state index contributed by atoms with van der Waals surface area (Å²) in [6.45, 7) is 1.94. The molecule has 0 amide bonds. The quantitative estimate of drug-likeness (QED) is 0.302. The molecule has 3 heteroatoms. The van der Waals surface area contributed by atoms with Crippen LogP contribution < -0.4 is 9.47 Å². The maximum Gasteiger partial charge on any atom is 0.225 e. The van der Waals surface area contributed by atoms with E-state index >= 15 is 0 Å². The van der Waals surface area contributed by atoms with Gasteiger partial charge >= 0.3 is 0 Å². The molecule has 4 rings (SSSR count). The Bertz CT molecular complexity index is 992. The number of nitrogens with zero attached hydrogens (tertiary/aromatic N) is 1. The highest BCUT2D eigenvalue weighted by Gasteiger charge is 2.12. The van der Waals surface area contributed by atoms with Crippen molar-refractivity contribution in [1.29, 1.82) is 0 Å². The summed E-state index contributed by atoms with van der Waals surface area (Å²) in [4.78, 5) is 4.79. The number of hydrogen-bond acceptors (Lipinski definition) is 3. The molecule has 28 heavy (non-hydrogen) atoms. The highest BCUT2D eigenvalue weighted by molar-refractivity contribution is 5.96. The lowest BCUT2D eigenvalue weighted by Crippen LogP contribution is -2.10. The predicted molar refractivity (Wildman–Crippen MR) is 113 cm³/mol. The normalized spacial score (nSPS) is 13.9. The van der Waals surface area contributed by atoms with Gasteiger partial charge in [-0.15, -0.1) is 0 Å². The van der Waals surface area contributed by atoms with Crippen LogP contribution in [0.3, 0.4) is 0 Å². The lowest BCUT2D eigenvalue weighted by molar-refractivity contribution is 0.473. The van der Waals surface area contributed by atoms with Gasteiger partial charge < -0.3 is 9.47 Å². The van der Waals surface area contributed by atoms with Crippen molar-refractivity contribution in [2.75, 3.05) is 0 Å². The summed E-state index contributed by atoms with van der Waals surface area (Å²) in [5.41, 5.74) is 4.54. The Morgan fingerprint density at radius 1 is 0.821 bits per heavy atom. The maximum absolute atomic E-state index is 6.09. The standard InChI is InChI=1S/C25H23NO2/c1-19(18-27-23-11-4-2-5-12-23)25(28-24-13-6-3-7-14-24)26-22-16-15-20-9-8-10-21(20)17-22/h2-7,11-18H,8-10H2,1H3/b19-18+,26-25?. The van der Waals surface area contributed by atoms with E-state index in [4.69, 9.17) is 14.5 Å². The van der Waals surface area contributed by atoms with E-state index in [1.807, 2.05) is 67.6 Å². The minimum Gasteiger partial charge on any atom is -0.465 e. The van der Waals surface area contributed by atoms with Crippen molar-refractivity contribution in [3.8, 4) is 11.5 Å². The Labute approximate surface area is 166 Å². The molecule has 3 aromatic carbocycles. The SMILES string of the molecule is C/C(=C\Oc1ccccc1)C(=Nc1ccc2c(c1)CCC2)Oc1ccccc1. The first-order chi connectivity index (χ1) is 13.8. The fraction of sp³-hybridized carbons (Fsp3) is 0.160. The Hall–Kier alpha value is -3.33. The fourth-order valence-electron chi connectivity index (χ4n) is 3.24. The molecule has 0 bridgehead atoms. The average Bonchev–Trinajstić information content (AvgIpc) is 3.21. The molecule has 0 unspecified atom stereocenters. The molecule has 1 aliphatic rings. The lowest BCUT2D eigenvalue weighted by atomic mass is 10.1. The molecule has 0 saturated carbocycles. The summed E-state index contributed by atoms with van der Waals surface area (Å²) in [5, 5.41) is 0. The number of rotatable bonds is 5. The second-order valence-corrected chi connectivity index (χ2v) is 6.87. The van der Waals surface area contributed by atoms with E-state index in [2.05, 4.69) is 18.2 Å². The molecule has 0 fully saturated rings. The summed E-state index contributed by atoms with van der Waals surface area (Å²) < 4.78 is 11.9. The van der Waals surface area contributed by atoms with Crippen molar-refractivity contribution in [2.45, 2.75) is 26.2 Å². The van der Waals surface area contributed by atoms with Crippen molar-refractivity contribution in [3.05, 3.63) is 102 Å². The average molecular weight is 369 g/mol. The molecule has 0 N–H and O–H groups in total. The smallest absolute Gasteiger partial charge is 0.225 e. The minimum absolute atomic E-state index is 0.528. The zero-order chi connectivity index (χ0) is 19.2. The highest BCUT2D eigenvalue weighted by atomic mass is 16.5. The Kier molecular flexibility index (Phi) is 5.53. The van der Waals surface area contributed by atoms with Crippen LogP contribution in [-0.2, 0) is 12.8 Å². The zero-order valence-corrected chi connectivity index (χ0v) is 16.0. The Morgan fingerprint density at radius 3 is 2.25 bits per heavy atom. The van der Waals surface area contributed by atoms with Crippen molar-refractivity contribution in [1.82, 2.24) is 0 Å². The number of benzene rings is 3. The van der Waals surface area contributed by atoms with Gasteiger partial charge in [-0.05, 0) is 73.7 Å². The summed E-state index contributed by atoms with van der Waals surface area (Å²) in [6.07, 6.45) is 5.19. The molecule has 3 aromatic rings. The highest BCUT2D eigenvalue weighted by Crippen LogP contribution is 2.27. The van der Waals surface area contributed by atoms with Crippen LogP contribution in [0.15, 0.2) is 95.7 Å². The molecular formula is C25H23NO2. The first kappa shape index (κ1) is 18.1. The second kappa shape index (κ2) is 8.57. The summed E-state index contributed by atoms with van der Waals surface area (Å²) in [5.74, 6) is 2.05. The van der Waals surface area contributed by atoms with E-state index in [-0.39, 0.29) is 0 Å². The summed E-state index contributed by atoms with van der Waals surface area (Å²) in [6, 6.07) is 25.8. The van der Waals surface area contributed by atoms with Gasteiger partial charge in [0.15, 0.2) is 0 Å². The van der Waals surface area contributed by atoms with E-state index in [0.717, 1.165) is 35.6 Å². The van der Waals surface area contributed by atoms with Gasteiger partial charge in [-0.3, -0.25) is 0 Å². The third-order valence-electron chi connectivity index (χ3n) is 4.72.